The topological polar surface area (TPSA) is 83.7 Å². The summed E-state index contributed by atoms with van der Waals surface area (Å²) >= 11 is 0. The number of rotatable bonds is 2. The van der Waals surface area contributed by atoms with Crippen molar-refractivity contribution in [3.63, 3.8) is 0 Å². The Balaban J connectivity index is 2.30. The number of aliphatic hydroxyl groups is 1. The lowest BCUT2D eigenvalue weighted by atomic mass is 10.1. The van der Waals surface area contributed by atoms with Gasteiger partial charge in [-0.3, -0.25) is 14.9 Å². The summed E-state index contributed by atoms with van der Waals surface area (Å²) in [6.07, 6.45) is 0.208. The predicted molar refractivity (Wildman–Crippen MR) is 64.2 cm³/mol. The predicted octanol–water partition coefficient (Wildman–Crippen LogP) is 1.47. The van der Waals surface area contributed by atoms with Crippen molar-refractivity contribution in [1.29, 1.82) is 0 Å². The number of nitro benzene ring substituents is 1. The van der Waals surface area contributed by atoms with E-state index >= 15 is 0 Å². The number of likely N-dealkylation sites (tertiary alicyclic amines) is 1. The fraction of sp³-hybridized carbons (Fsp3) is 0.417. The van der Waals surface area contributed by atoms with Crippen LogP contribution in [0.15, 0.2) is 12.1 Å². The molecule has 1 saturated heterocycles. The minimum absolute atomic E-state index is 0.227. The summed E-state index contributed by atoms with van der Waals surface area (Å²) in [5.41, 5.74) is -1.47. The van der Waals surface area contributed by atoms with E-state index in [1.54, 1.807) is 0 Å². The van der Waals surface area contributed by atoms with Crippen molar-refractivity contribution < 1.29 is 23.6 Å². The zero-order valence-electron chi connectivity index (χ0n) is 10.4. The summed E-state index contributed by atoms with van der Waals surface area (Å²) in [4.78, 5) is 23.0. The molecule has 0 radical (unpaired) electrons. The Kier molecular flexibility index (Phi) is 3.93. The number of halogens is 2. The number of hydrogen-bond acceptors (Lipinski definition) is 4. The molecule has 108 valence electrons. The molecule has 1 aliphatic heterocycles. The Morgan fingerprint density at radius 2 is 1.90 bits per heavy atom. The van der Waals surface area contributed by atoms with E-state index in [0.29, 0.717) is 25.0 Å². The Labute approximate surface area is 112 Å². The van der Waals surface area contributed by atoms with E-state index in [1.165, 1.54) is 4.90 Å². The lowest BCUT2D eigenvalue weighted by Crippen LogP contribution is -2.40. The monoisotopic (exact) mass is 286 g/mol. The number of hydrogen-bond donors (Lipinski definition) is 1. The third kappa shape index (κ3) is 2.74. The minimum Gasteiger partial charge on any atom is -0.393 e. The van der Waals surface area contributed by atoms with Gasteiger partial charge in [0.05, 0.1) is 16.6 Å². The fourth-order valence-corrected chi connectivity index (χ4v) is 2.08. The van der Waals surface area contributed by atoms with Gasteiger partial charge in [0.2, 0.25) is 5.82 Å². The summed E-state index contributed by atoms with van der Waals surface area (Å²) in [6, 6.07) is 0.947. The molecule has 2 rings (SSSR count). The molecule has 6 nitrogen and oxygen atoms in total. The molecule has 1 fully saturated rings. The number of carbonyl (C=O) groups excluding carboxylic acids is 1. The van der Waals surface area contributed by atoms with Crippen LogP contribution in [0.2, 0.25) is 0 Å². The maximum Gasteiger partial charge on any atom is 0.305 e. The van der Waals surface area contributed by atoms with Crippen molar-refractivity contribution >= 4 is 11.6 Å². The van der Waals surface area contributed by atoms with E-state index in [2.05, 4.69) is 0 Å². The highest BCUT2D eigenvalue weighted by atomic mass is 19.1. The molecule has 1 aliphatic rings. The van der Waals surface area contributed by atoms with Gasteiger partial charge in [-0.15, -0.1) is 0 Å². The van der Waals surface area contributed by atoms with E-state index < -0.39 is 39.8 Å². The van der Waals surface area contributed by atoms with Crippen LogP contribution in [0.25, 0.3) is 0 Å². The Bertz CT molecular complexity index is 557. The van der Waals surface area contributed by atoms with Crippen LogP contribution in [0.5, 0.6) is 0 Å². The Morgan fingerprint density at radius 1 is 1.30 bits per heavy atom. The zero-order valence-corrected chi connectivity index (χ0v) is 10.4. The van der Waals surface area contributed by atoms with Gasteiger partial charge in [-0.25, -0.2) is 4.39 Å². The molecule has 0 aromatic heterocycles. The molecule has 1 amide bonds. The summed E-state index contributed by atoms with van der Waals surface area (Å²) in [5, 5.41) is 19.9. The maximum absolute atomic E-state index is 13.6. The first kappa shape index (κ1) is 14.3. The van der Waals surface area contributed by atoms with Crippen LogP contribution in [0.1, 0.15) is 23.2 Å². The van der Waals surface area contributed by atoms with Crippen LogP contribution in [-0.4, -0.2) is 40.0 Å². The smallest absolute Gasteiger partial charge is 0.305 e. The van der Waals surface area contributed by atoms with E-state index in [-0.39, 0.29) is 13.1 Å². The van der Waals surface area contributed by atoms with E-state index in [4.69, 9.17) is 0 Å². The molecule has 0 bridgehead atoms. The lowest BCUT2D eigenvalue weighted by Gasteiger charge is -2.29. The summed E-state index contributed by atoms with van der Waals surface area (Å²) < 4.78 is 26.8. The number of benzene rings is 1. The maximum atomic E-state index is 13.6. The first-order valence-corrected chi connectivity index (χ1v) is 6.01. The second-order valence-electron chi connectivity index (χ2n) is 4.56. The molecule has 0 spiro atoms. The molecule has 0 unspecified atom stereocenters. The number of carbonyl (C=O) groups is 1. The summed E-state index contributed by atoms with van der Waals surface area (Å²) in [6.45, 7) is 0.454. The van der Waals surface area contributed by atoms with Gasteiger partial charge in [-0.05, 0) is 12.8 Å². The van der Waals surface area contributed by atoms with Crippen molar-refractivity contribution in [2.45, 2.75) is 18.9 Å². The fourth-order valence-electron chi connectivity index (χ4n) is 2.08. The molecule has 8 heteroatoms. The highest BCUT2D eigenvalue weighted by Gasteiger charge is 2.27. The van der Waals surface area contributed by atoms with Crippen LogP contribution in [0, 0.1) is 21.7 Å². The highest BCUT2D eigenvalue weighted by Crippen LogP contribution is 2.23. The van der Waals surface area contributed by atoms with Gasteiger partial charge < -0.3 is 10.0 Å². The lowest BCUT2D eigenvalue weighted by molar-refractivity contribution is -0.387. The van der Waals surface area contributed by atoms with Crippen LogP contribution in [0.4, 0.5) is 14.5 Å². The van der Waals surface area contributed by atoms with Gasteiger partial charge in [0.15, 0.2) is 0 Å². The summed E-state index contributed by atoms with van der Waals surface area (Å²) in [5.74, 6) is -3.19. The molecule has 1 N–H and O–H groups in total. The van der Waals surface area contributed by atoms with Gasteiger partial charge in [-0.1, -0.05) is 0 Å². The van der Waals surface area contributed by atoms with Gasteiger partial charge >= 0.3 is 5.69 Å². The standard InChI is InChI=1S/C12H12F2N2O4/c13-9-6-10(14)11(16(19)20)5-8(9)12(18)15-3-1-7(17)2-4-15/h5-7,17H,1-4H2. The second kappa shape index (κ2) is 5.49. The van der Waals surface area contributed by atoms with E-state index in [0.717, 1.165) is 0 Å². The number of piperidine rings is 1. The molecule has 1 aromatic carbocycles. The van der Waals surface area contributed by atoms with Gasteiger partial charge in [-0.2, -0.15) is 4.39 Å². The number of nitro groups is 1. The number of aliphatic hydroxyl groups excluding tert-OH is 1. The molecule has 0 saturated carbocycles. The molecule has 0 aliphatic carbocycles. The van der Waals surface area contributed by atoms with Crippen molar-refractivity contribution in [2.75, 3.05) is 13.1 Å². The SMILES string of the molecule is O=C(c1cc([N+](=O)[O-])c(F)cc1F)N1CCC(O)CC1. The Hall–Kier alpha value is -2.09. The average Bonchev–Trinajstić information content (AvgIpc) is 2.38. The third-order valence-corrected chi connectivity index (χ3v) is 3.22. The van der Waals surface area contributed by atoms with E-state index in [1.807, 2.05) is 0 Å². The quantitative estimate of drug-likeness (QED) is 0.659. The van der Waals surface area contributed by atoms with Crippen molar-refractivity contribution in [3.05, 3.63) is 39.4 Å². The molecular weight excluding hydrogens is 274 g/mol. The van der Waals surface area contributed by atoms with Crippen LogP contribution >= 0.6 is 0 Å². The molecule has 1 heterocycles. The largest absolute Gasteiger partial charge is 0.393 e. The highest BCUT2D eigenvalue weighted by molar-refractivity contribution is 5.95. The minimum atomic E-state index is -1.32. The second-order valence-corrected chi connectivity index (χ2v) is 4.56. The van der Waals surface area contributed by atoms with Crippen LogP contribution in [-0.2, 0) is 0 Å². The first-order chi connectivity index (χ1) is 9.40. The average molecular weight is 286 g/mol. The zero-order chi connectivity index (χ0) is 14.9. The molecule has 20 heavy (non-hydrogen) atoms. The molecule has 0 atom stereocenters. The number of amides is 1. The summed E-state index contributed by atoms with van der Waals surface area (Å²) in [7, 11) is 0. The van der Waals surface area contributed by atoms with Crippen LogP contribution < -0.4 is 0 Å². The first-order valence-electron chi connectivity index (χ1n) is 6.01. The van der Waals surface area contributed by atoms with Gasteiger partial charge in [0, 0.05) is 25.2 Å². The van der Waals surface area contributed by atoms with Crippen LogP contribution in [0.3, 0.4) is 0 Å². The molecule has 1 aromatic rings. The van der Waals surface area contributed by atoms with E-state index in [9.17, 15) is 28.8 Å². The van der Waals surface area contributed by atoms with Crippen molar-refractivity contribution in [3.8, 4) is 0 Å². The van der Waals surface area contributed by atoms with Gasteiger partial charge in [0.25, 0.3) is 5.91 Å². The van der Waals surface area contributed by atoms with Crippen molar-refractivity contribution in [2.24, 2.45) is 0 Å². The normalized spacial score (nSPS) is 16.2. The number of nitrogens with zero attached hydrogens (tertiary/aromatic N) is 2. The third-order valence-electron chi connectivity index (χ3n) is 3.22. The van der Waals surface area contributed by atoms with Gasteiger partial charge in [0.1, 0.15) is 5.82 Å². The van der Waals surface area contributed by atoms with Crippen molar-refractivity contribution in [1.82, 2.24) is 4.90 Å². The Morgan fingerprint density at radius 3 is 2.45 bits per heavy atom. The molecular formula is C12H12F2N2O4.